The minimum Gasteiger partial charge on any atom is -0.481 e. The number of halogens is 2. The van der Waals surface area contributed by atoms with Crippen LogP contribution >= 0.6 is 0 Å². The molecule has 1 atom stereocenters. The van der Waals surface area contributed by atoms with Gasteiger partial charge < -0.3 is 5.11 Å². The summed E-state index contributed by atoms with van der Waals surface area (Å²) in [6, 6.07) is 1.88. The van der Waals surface area contributed by atoms with Crippen molar-refractivity contribution in [1.29, 1.82) is 0 Å². The van der Waals surface area contributed by atoms with Crippen molar-refractivity contribution in [3.8, 4) is 0 Å². The highest BCUT2D eigenvalue weighted by Gasteiger charge is 2.25. The van der Waals surface area contributed by atoms with Crippen LogP contribution in [0.3, 0.4) is 0 Å². The van der Waals surface area contributed by atoms with Crippen molar-refractivity contribution in [2.45, 2.75) is 18.7 Å². The smallest absolute Gasteiger partial charge is 0.308 e. The van der Waals surface area contributed by atoms with Gasteiger partial charge in [-0.1, -0.05) is 13.8 Å². The van der Waals surface area contributed by atoms with Crippen LogP contribution in [0.25, 0.3) is 0 Å². The number of benzene rings is 1. The van der Waals surface area contributed by atoms with Crippen LogP contribution in [0.1, 0.15) is 13.8 Å². The van der Waals surface area contributed by atoms with Crippen molar-refractivity contribution in [3.63, 3.8) is 0 Å². The van der Waals surface area contributed by atoms with Crippen LogP contribution in [0.5, 0.6) is 0 Å². The Hall–Kier alpha value is -1.54. The normalized spacial score (nSPS) is 13.4. The summed E-state index contributed by atoms with van der Waals surface area (Å²) in [7, 11) is -4.16. The van der Waals surface area contributed by atoms with Gasteiger partial charge in [0.05, 0.1) is 10.8 Å². The molecule has 112 valence electrons. The molecule has 20 heavy (non-hydrogen) atoms. The predicted molar refractivity (Wildman–Crippen MR) is 67.5 cm³/mol. The quantitative estimate of drug-likeness (QED) is 0.836. The van der Waals surface area contributed by atoms with E-state index in [4.69, 9.17) is 5.11 Å². The molecule has 1 unspecified atom stereocenters. The summed E-state index contributed by atoms with van der Waals surface area (Å²) in [5.74, 6) is -4.41. The van der Waals surface area contributed by atoms with Gasteiger partial charge in [-0.05, 0) is 18.1 Å². The maximum atomic E-state index is 13.0. The Balaban J connectivity index is 2.92. The highest BCUT2D eigenvalue weighted by molar-refractivity contribution is 7.89. The van der Waals surface area contributed by atoms with Gasteiger partial charge in [0.15, 0.2) is 0 Å². The van der Waals surface area contributed by atoms with Gasteiger partial charge >= 0.3 is 5.97 Å². The first-order chi connectivity index (χ1) is 9.13. The Morgan fingerprint density at radius 1 is 1.25 bits per heavy atom. The second kappa shape index (κ2) is 6.27. The highest BCUT2D eigenvalue weighted by atomic mass is 32.2. The summed E-state index contributed by atoms with van der Waals surface area (Å²) in [4.78, 5) is 10.4. The van der Waals surface area contributed by atoms with E-state index in [0.29, 0.717) is 18.2 Å². The molecular weight excluding hydrogens is 292 g/mol. The molecule has 0 spiro atoms. The zero-order valence-electron chi connectivity index (χ0n) is 10.9. The lowest BCUT2D eigenvalue weighted by Gasteiger charge is -2.16. The van der Waals surface area contributed by atoms with Crippen molar-refractivity contribution >= 4 is 16.0 Å². The summed E-state index contributed by atoms with van der Waals surface area (Å²) in [6.45, 7) is 2.91. The molecule has 0 fully saturated rings. The lowest BCUT2D eigenvalue weighted by molar-refractivity contribution is -0.142. The molecule has 0 saturated heterocycles. The lowest BCUT2D eigenvalue weighted by atomic mass is 9.97. The molecule has 0 aliphatic carbocycles. The molecule has 0 aliphatic rings. The minimum atomic E-state index is -4.16. The average Bonchev–Trinajstić information content (AvgIpc) is 2.26. The summed E-state index contributed by atoms with van der Waals surface area (Å²) in [6.07, 6.45) is 0. The van der Waals surface area contributed by atoms with Crippen LogP contribution in [-0.4, -0.2) is 26.0 Å². The summed E-state index contributed by atoms with van der Waals surface area (Å²) < 4.78 is 51.7. The van der Waals surface area contributed by atoms with Crippen molar-refractivity contribution in [2.75, 3.05) is 6.54 Å². The van der Waals surface area contributed by atoms with Gasteiger partial charge in [0, 0.05) is 12.6 Å². The van der Waals surface area contributed by atoms with E-state index < -0.39 is 38.4 Å². The third-order valence-electron chi connectivity index (χ3n) is 2.76. The topological polar surface area (TPSA) is 83.5 Å². The van der Waals surface area contributed by atoms with Gasteiger partial charge in [0.2, 0.25) is 10.0 Å². The molecule has 0 heterocycles. The zero-order valence-corrected chi connectivity index (χ0v) is 11.7. The van der Waals surface area contributed by atoms with E-state index in [-0.39, 0.29) is 12.5 Å². The molecule has 0 aromatic heterocycles. The second-order valence-corrected chi connectivity index (χ2v) is 6.41. The molecular formula is C12H15F2NO4S. The maximum Gasteiger partial charge on any atom is 0.308 e. The number of rotatable bonds is 6. The van der Waals surface area contributed by atoms with Gasteiger partial charge in [-0.2, -0.15) is 0 Å². The van der Waals surface area contributed by atoms with E-state index in [9.17, 15) is 22.0 Å². The number of carbonyl (C=O) groups is 1. The largest absolute Gasteiger partial charge is 0.481 e. The minimum absolute atomic E-state index is 0.292. The number of carboxylic acids is 1. The van der Waals surface area contributed by atoms with E-state index in [2.05, 4.69) is 4.72 Å². The standard InChI is InChI=1S/C12H15F2NO4S/c1-7(2)11(12(16)17)6-15-20(18,19)10-4-8(13)3-9(14)5-10/h3-5,7,11,15H,6H2,1-2H3,(H,16,17). The molecule has 5 nitrogen and oxygen atoms in total. The van der Waals surface area contributed by atoms with Gasteiger partial charge in [0.25, 0.3) is 0 Å². The Morgan fingerprint density at radius 3 is 2.15 bits per heavy atom. The predicted octanol–water partition coefficient (Wildman–Crippen LogP) is 1.60. The number of hydrogen-bond acceptors (Lipinski definition) is 3. The fourth-order valence-electron chi connectivity index (χ4n) is 1.57. The van der Waals surface area contributed by atoms with Crippen molar-refractivity contribution in [2.24, 2.45) is 11.8 Å². The van der Waals surface area contributed by atoms with Crippen LogP contribution in [0.4, 0.5) is 8.78 Å². The fourth-order valence-corrected chi connectivity index (χ4v) is 2.68. The lowest BCUT2D eigenvalue weighted by Crippen LogP contribution is -2.35. The summed E-state index contributed by atoms with van der Waals surface area (Å²) >= 11 is 0. The third-order valence-corrected chi connectivity index (χ3v) is 4.16. The Labute approximate surface area is 115 Å². The molecule has 2 N–H and O–H groups in total. The van der Waals surface area contributed by atoms with Gasteiger partial charge in [-0.3, -0.25) is 4.79 Å². The molecule has 0 bridgehead atoms. The first kappa shape index (κ1) is 16.5. The first-order valence-corrected chi connectivity index (χ1v) is 7.30. The second-order valence-electron chi connectivity index (χ2n) is 4.65. The van der Waals surface area contributed by atoms with Crippen LogP contribution in [-0.2, 0) is 14.8 Å². The summed E-state index contributed by atoms with van der Waals surface area (Å²) in [5, 5.41) is 8.94. The highest BCUT2D eigenvalue weighted by Crippen LogP contribution is 2.15. The molecule has 0 aliphatic heterocycles. The van der Waals surface area contributed by atoms with Crippen molar-refractivity contribution < 1.29 is 27.1 Å². The molecule has 1 rings (SSSR count). The third kappa shape index (κ3) is 4.24. The van der Waals surface area contributed by atoms with Crippen LogP contribution < -0.4 is 4.72 Å². The number of aliphatic carboxylic acids is 1. The molecule has 1 aromatic carbocycles. The van der Waals surface area contributed by atoms with E-state index in [1.165, 1.54) is 0 Å². The van der Waals surface area contributed by atoms with E-state index >= 15 is 0 Å². The van der Waals surface area contributed by atoms with E-state index in [0.717, 1.165) is 0 Å². The number of sulfonamides is 1. The Morgan fingerprint density at radius 2 is 1.75 bits per heavy atom. The molecule has 0 radical (unpaired) electrons. The molecule has 0 amide bonds. The van der Waals surface area contributed by atoms with Crippen LogP contribution in [0.2, 0.25) is 0 Å². The van der Waals surface area contributed by atoms with Gasteiger partial charge in [-0.15, -0.1) is 0 Å². The first-order valence-electron chi connectivity index (χ1n) is 5.82. The Bertz CT molecular complexity index is 581. The molecule has 0 saturated carbocycles. The van der Waals surface area contributed by atoms with Gasteiger partial charge in [-0.25, -0.2) is 21.9 Å². The monoisotopic (exact) mass is 307 g/mol. The number of nitrogens with one attached hydrogen (secondary N) is 1. The Kier molecular flexibility index (Phi) is 5.18. The van der Waals surface area contributed by atoms with Crippen LogP contribution in [0.15, 0.2) is 23.1 Å². The van der Waals surface area contributed by atoms with Crippen molar-refractivity contribution in [1.82, 2.24) is 4.72 Å². The zero-order chi connectivity index (χ0) is 15.5. The van der Waals surface area contributed by atoms with Crippen LogP contribution in [0, 0.1) is 23.5 Å². The van der Waals surface area contributed by atoms with Gasteiger partial charge in [0.1, 0.15) is 11.6 Å². The molecule has 8 heteroatoms. The van der Waals surface area contributed by atoms with Crippen molar-refractivity contribution in [3.05, 3.63) is 29.8 Å². The number of hydrogen-bond donors (Lipinski definition) is 2. The average molecular weight is 307 g/mol. The van der Waals surface area contributed by atoms with E-state index in [1.807, 2.05) is 0 Å². The summed E-state index contributed by atoms with van der Waals surface area (Å²) in [5.41, 5.74) is 0. The number of carboxylic acid groups (broad SMARTS) is 1. The maximum absolute atomic E-state index is 13.0. The molecule has 1 aromatic rings. The fraction of sp³-hybridized carbons (Fsp3) is 0.417. The van der Waals surface area contributed by atoms with E-state index in [1.54, 1.807) is 13.8 Å². The SMILES string of the molecule is CC(C)C(CNS(=O)(=O)c1cc(F)cc(F)c1)C(=O)O.